The second-order valence-corrected chi connectivity index (χ2v) is 3.05. The van der Waals surface area contributed by atoms with Gasteiger partial charge >= 0.3 is 0 Å². The highest BCUT2D eigenvalue weighted by Crippen LogP contribution is 1.99. The molecule has 0 aliphatic heterocycles. The summed E-state index contributed by atoms with van der Waals surface area (Å²) in [4.78, 5) is 0. The van der Waals surface area contributed by atoms with Crippen LogP contribution in [0.5, 0.6) is 0 Å². The minimum atomic E-state index is 0.234. The molecular weight excluding hydrogens is 170 g/mol. The van der Waals surface area contributed by atoms with Crippen LogP contribution >= 0.6 is 12.2 Å². The van der Waals surface area contributed by atoms with Gasteiger partial charge in [0.15, 0.2) is 5.11 Å². The van der Waals surface area contributed by atoms with Gasteiger partial charge in [0.05, 0.1) is 0 Å². The van der Waals surface area contributed by atoms with Crippen LogP contribution in [0.2, 0.25) is 0 Å². The molecule has 0 amide bonds. The molecule has 0 atom stereocenters. The third-order valence-electron chi connectivity index (χ3n) is 1.55. The molecule has 0 aromatic carbocycles. The fourth-order valence-electron chi connectivity index (χ4n) is 0.827. The minimum Gasteiger partial charge on any atom is -0.375 e. The first kappa shape index (κ1) is 11.4. The topological polar surface area (TPSA) is 50.4 Å². The highest BCUT2D eigenvalue weighted by atomic mass is 32.1. The van der Waals surface area contributed by atoms with E-state index in [-0.39, 0.29) is 5.11 Å². The van der Waals surface area contributed by atoms with Gasteiger partial charge in [-0.15, -0.1) is 0 Å². The number of unbranched alkanes of at least 4 members (excludes halogenated alkanes) is 1. The minimum absolute atomic E-state index is 0.234. The van der Waals surface area contributed by atoms with E-state index in [0.29, 0.717) is 0 Å². The van der Waals surface area contributed by atoms with E-state index in [2.05, 4.69) is 36.6 Å². The quantitative estimate of drug-likeness (QED) is 0.392. The number of rotatable bonds is 5. The maximum atomic E-state index is 5.24. The van der Waals surface area contributed by atoms with Crippen molar-refractivity contribution in [2.75, 3.05) is 0 Å². The predicted octanol–water partition coefficient (Wildman–Crippen LogP) is 1.78. The first-order valence-corrected chi connectivity index (χ1v) is 4.72. The summed E-state index contributed by atoms with van der Waals surface area (Å²) in [7, 11) is 0. The van der Waals surface area contributed by atoms with Gasteiger partial charge in [-0.05, 0) is 31.5 Å². The third-order valence-corrected chi connectivity index (χ3v) is 1.64. The second kappa shape index (κ2) is 7.03. The molecule has 0 fully saturated rings. The zero-order chi connectivity index (χ0) is 9.40. The summed E-state index contributed by atoms with van der Waals surface area (Å²) in [6.45, 7) is 4.24. The van der Waals surface area contributed by atoms with Crippen molar-refractivity contribution < 1.29 is 0 Å². The van der Waals surface area contributed by atoms with Crippen LogP contribution in [0.15, 0.2) is 5.10 Å². The Bertz CT molecular complexity index is 166. The van der Waals surface area contributed by atoms with Crippen LogP contribution in [0.3, 0.4) is 0 Å². The van der Waals surface area contributed by atoms with E-state index in [1.165, 1.54) is 12.8 Å². The molecule has 0 aliphatic rings. The van der Waals surface area contributed by atoms with Crippen molar-refractivity contribution in [2.45, 2.75) is 39.5 Å². The van der Waals surface area contributed by atoms with Gasteiger partial charge in [-0.3, -0.25) is 5.43 Å². The number of nitrogens with one attached hydrogen (secondary N) is 1. The predicted molar refractivity (Wildman–Crippen MR) is 57.2 cm³/mol. The maximum Gasteiger partial charge on any atom is 0.184 e. The Morgan fingerprint density at radius 3 is 2.58 bits per heavy atom. The van der Waals surface area contributed by atoms with Crippen molar-refractivity contribution in [1.82, 2.24) is 5.43 Å². The standard InChI is InChI=1S/C8H17N3S/c1-3-5-6-7(4-2)10-11-8(9)12/h3-6H2,1-2H3,(H3,9,11,12)/b10-7+. The van der Waals surface area contributed by atoms with Gasteiger partial charge < -0.3 is 5.73 Å². The van der Waals surface area contributed by atoms with Crippen molar-refractivity contribution in [3.8, 4) is 0 Å². The third kappa shape index (κ3) is 6.09. The van der Waals surface area contributed by atoms with Gasteiger partial charge in [-0.2, -0.15) is 5.10 Å². The Kier molecular flexibility index (Phi) is 6.66. The van der Waals surface area contributed by atoms with Crippen LogP contribution in [-0.4, -0.2) is 10.8 Å². The summed E-state index contributed by atoms with van der Waals surface area (Å²) in [5.74, 6) is 0. The molecule has 12 heavy (non-hydrogen) atoms. The zero-order valence-corrected chi connectivity index (χ0v) is 8.58. The highest BCUT2D eigenvalue weighted by molar-refractivity contribution is 7.80. The molecule has 0 aromatic rings. The largest absolute Gasteiger partial charge is 0.375 e. The fourth-order valence-corrected chi connectivity index (χ4v) is 0.872. The highest BCUT2D eigenvalue weighted by Gasteiger charge is 1.95. The smallest absolute Gasteiger partial charge is 0.184 e. The molecule has 0 rings (SSSR count). The van der Waals surface area contributed by atoms with Gasteiger partial charge in [-0.25, -0.2) is 0 Å². The summed E-state index contributed by atoms with van der Waals surface area (Å²) >= 11 is 4.63. The molecule has 0 saturated carbocycles. The summed E-state index contributed by atoms with van der Waals surface area (Å²) in [5, 5.41) is 4.31. The van der Waals surface area contributed by atoms with E-state index in [1.807, 2.05) is 0 Å². The fraction of sp³-hybridized carbons (Fsp3) is 0.750. The molecule has 3 nitrogen and oxygen atoms in total. The molecule has 3 N–H and O–H groups in total. The Labute approximate surface area is 79.4 Å². The van der Waals surface area contributed by atoms with Crippen LogP contribution in [0.4, 0.5) is 0 Å². The van der Waals surface area contributed by atoms with E-state index in [9.17, 15) is 0 Å². The van der Waals surface area contributed by atoms with Crippen LogP contribution in [0.1, 0.15) is 39.5 Å². The van der Waals surface area contributed by atoms with Crippen molar-refractivity contribution in [3.05, 3.63) is 0 Å². The van der Waals surface area contributed by atoms with Gasteiger partial charge in [0, 0.05) is 5.71 Å². The van der Waals surface area contributed by atoms with E-state index in [4.69, 9.17) is 5.73 Å². The Balaban J connectivity index is 3.78. The van der Waals surface area contributed by atoms with Gasteiger partial charge in [0.25, 0.3) is 0 Å². The molecule has 0 spiro atoms. The average Bonchev–Trinajstić information content (AvgIpc) is 2.05. The van der Waals surface area contributed by atoms with Crippen LogP contribution in [0.25, 0.3) is 0 Å². The number of nitrogens with two attached hydrogens (primary N) is 1. The van der Waals surface area contributed by atoms with Crippen LogP contribution in [-0.2, 0) is 0 Å². The van der Waals surface area contributed by atoms with Crippen LogP contribution in [0, 0.1) is 0 Å². The van der Waals surface area contributed by atoms with E-state index < -0.39 is 0 Å². The van der Waals surface area contributed by atoms with Gasteiger partial charge in [0.2, 0.25) is 0 Å². The summed E-state index contributed by atoms with van der Waals surface area (Å²) in [6.07, 6.45) is 4.34. The molecular formula is C8H17N3S. The first-order chi connectivity index (χ1) is 5.70. The number of thiocarbonyl (C=S) groups is 1. The number of nitrogens with zero attached hydrogens (tertiary/aromatic N) is 1. The van der Waals surface area contributed by atoms with E-state index in [0.717, 1.165) is 18.6 Å². The normalized spacial score (nSPS) is 11.3. The van der Waals surface area contributed by atoms with E-state index >= 15 is 0 Å². The molecule has 0 radical (unpaired) electrons. The maximum absolute atomic E-state index is 5.24. The average molecular weight is 187 g/mol. The lowest BCUT2D eigenvalue weighted by Gasteiger charge is -2.02. The summed E-state index contributed by atoms with van der Waals surface area (Å²) in [5.41, 5.74) is 8.97. The van der Waals surface area contributed by atoms with Gasteiger partial charge in [-0.1, -0.05) is 20.3 Å². The summed E-state index contributed by atoms with van der Waals surface area (Å²) < 4.78 is 0. The number of hydrazone groups is 1. The van der Waals surface area contributed by atoms with Gasteiger partial charge in [0.1, 0.15) is 0 Å². The summed E-state index contributed by atoms with van der Waals surface area (Å²) in [6, 6.07) is 0. The zero-order valence-electron chi connectivity index (χ0n) is 7.76. The molecule has 0 aromatic heterocycles. The molecule has 0 aliphatic carbocycles. The SMILES string of the molecule is CCCC/C(CC)=N/NC(N)=S. The Hall–Kier alpha value is -0.640. The second-order valence-electron chi connectivity index (χ2n) is 2.61. The van der Waals surface area contributed by atoms with Crippen molar-refractivity contribution in [1.29, 1.82) is 0 Å². The Morgan fingerprint density at radius 2 is 2.17 bits per heavy atom. The number of hydrogen-bond acceptors (Lipinski definition) is 2. The lowest BCUT2D eigenvalue weighted by Crippen LogP contribution is -2.25. The molecule has 0 unspecified atom stereocenters. The van der Waals surface area contributed by atoms with E-state index in [1.54, 1.807) is 0 Å². The molecule has 0 saturated heterocycles. The first-order valence-electron chi connectivity index (χ1n) is 4.31. The molecule has 0 heterocycles. The molecule has 70 valence electrons. The number of hydrogen-bond donors (Lipinski definition) is 2. The van der Waals surface area contributed by atoms with Crippen molar-refractivity contribution in [3.63, 3.8) is 0 Å². The van der Waals surface area contributed by atoms with Crippen molar-refractivity contribution >= 4 is 23.0 Å². The van der Waals surface area contributed by atoms with Crippen molar-refractivity contribution in [2.24, 2.45) is 10.8 Å². The monoisotopic (exact) mass is 187 g/mol. The lowest BCUT2D eigenvalue weighted by molar-refractivity contribution is 0.817. The Morgan fingerprint density at radius 1 is 1.50 bits per heavy atom. The molecule has 4 heteroatoms. The molecule has 0 bridgehead atoms. The lowest BCUT2D eigenvalue weighted by atomic mass is 10.1. The van der Waals surface area contributed by atoms with Crippen LogP contribution < -0.4 is 11.2 Å².